The zero-order chi connectivity index (χ0) is 27.6. The number of amides is 1. The number of piperidine rings is 1. The van der Waals surface area contributed by atoms with Crippen molar-refractivity contribution in [3.63, 3.8) is 0 Å². The van der Waals surface area contributed by atoms with Gasteiger partial charge >= 0.3 is 0 Å². The molecule has 0 unspecified atom stereocenters. The average Bonchev–Trinajstić information content (AvgIpc) is 3.27. The van der Waals surface area contributed by atoms with Crippen molar-refractivity contribution in [2.75, 3.05) is 13.1 Å². The number of ether oxygens (including phenoxy) is 1. The molecule has 4 nitrogen and oxygen atoms in total. The molecular weight excluding hydrogens is 492 g/mol. The van der Waals surface area contributed by atoms with Gasteiger partial charge in [-0.2, -0.15) is 0 Å². The lowest BCUT2D eigenvalue weighted by atomic mass is 10.00. The molecule has 0 aromatic heterocycles. The lowest BCUT2D eigenvalue weighted by Crippen LogP contribution is -2.47. The molecule has 3 aromatic rings. The van der Waals surface area contributed by atoms with Gasteiger partial charge in [0.05, 0.1) is 0 Å². The Kier molecular flexibility index (Phi) is 9.65. The molecule has 4 heteroatoms. The zero-order valence-electron chi connectivity index (χ0n) is 23.5. The molecule has 0 saturated carbocycles. The number of hydrogen-bond donors (Lipinski definition) is 0. The fourth-order valence-electron chi connectivity index (χ4n) is 5.48. The van der Waals surface area contributed by atoms with Gasteiger partial charge in [0.1, 0.15) is 12.4 Å². The summed E-state index contributed by atoms with van der Waals surface area (Å²) < 4.78 is 6.00. The first-order chi connectivity index (χ1) is 19.7. The Bertz CT molecular complexity index is 1320. The van der Waals surface area contributed by atoms with Crippen LogP contribution < -0.4 is 4.74 Å². The molecule has 2 aliphatic rings. The van der Waals surface area contributed by atoms with Gasteiger partial charge in [0.2, 0.25) is 0 Å². The van der Waals surface area contributed by atoms with Gasteiger partial charge in [0.15, 0.2) is 0 Å². The van der Waals surface area contributed by atoms with Crippen LogP contribution in [0.5, 0.6) is 5.75 Å². The molecule has 1 aliphatic carbocycles. The van der Waals surface area contributed by atoms with Crippen molar-refractivity contribution in [2.45, 2.75) is 58.3 Å². The standard InChI is InChI=1S/C36H40N2O2/c1-2-29-14-9-15-33(19-16-29)36(39)38(34-22-24-37(25-23-34)26-30-10-5-3-6-11-30)27-31-17-20-35(21-18-31)40-28-32-12-7-4-8-13-32/h3-8,10-21,34H,2,9,22-28H2,1H3. The molecule has 0 bridgehead atoms. The van der Waals surface area contributed by atoms with Crippen LogP contribution in [0.3, 0.4) is 0 Å². The number of hydrogen-bond acceptors (Lipinski definition) is 3. The van der Waals surface area contributed by atoms with Gasteiger partial charge < -0.3 is 9.64 Å². The third-order valence-corrected chi connectivity index (χ3v) is 7.88. The molecule has 1 saturated heterocycles. The third-order valence-electron chi connectivity index (χ3n) is 7.88. The van der Waals surface area contributed by atoms with Gasteiger partial charge in [-0.25, -0.2) is 0 Å². The van der Waals surface area contributed by atoms with Crippen molar-refractivity contribution >= 4 is 5.91 Å². The predicted octanol–water partition coefficient (Wildman–Crippen LogP) is 7.48. The average molecular weight is 533 g/mol. The molecule has 1 fully saturated rings. The number of carbonyl (C=O) groups excluding carboxylic acids is 1. The Hall–Kier alpha value is -3.89. The van der Waals surface area contributed by atoms with E-state index < -0.39 is 0 Å². The highest BCUT2D eigenvalue weighted by molar-refractivity contribution is 5.96. The van der Waals surface area contributed by atoms with Crippen LogP contribution in [0.25, 0.3) is 0 Å². The number of nitrogens with zero attached hydrogens (tertiary/aromatic N) is 2. The summed E-state index contributed by atoms with van der Waals surface area (Å²) in [7, 11) is 0. The monoisotopic (exact) mass is 532 g/mol. The third kappa shape index (κ3) is 7.61. The molecule has 206 valence electrons. The first-order valence-electron chi connectivity index (χ1n) is 14.6. The van der Waals surface area contributed by atoms with Crippen molar-refractivity contribution in [3.8, 4) is 5.75 Å². The number of likely N-dealkylation sites (tertiary alicyclic amines) is 1. The molecule has 1 aliphatic heterocycles. The summed E-state index contributed by atoms with van der Waals surface area (Å²) in [5.74, 6) is 0.972. The van der Waals surface area contributed by atoms with E-state index in [1.54, 1.807) is 0 Å². The Balaban J connectivity index is 1.27. The predicted molar refractivity (Wildman–Crippen MR) is 163 cm³/mol. The van der Waals surface area contributed by atoms with Crippen LogP contribution in [0.4, 0.5) is 0 Å². The summed E-state index contributed by atoms with van der Waals surface area (Å²) in [5, 5.41) is 0. The smallest absolute Gasteiger partial charge is 0.254 e. The van der Waals surface area contributed by atoms with E-state index in [1.165, 1.54) is 11.1 Å². The molecule has 1 amide bonds. The summed E-state index contributed by atoms with van der Waals surface area (Å²) in [4.78, 5) is 18.6. The van der Waals surface area contributed by atoms with Gasteiger partial charge in [-0.05, 0) is 60.6 Å². The molecule has 0 radical (unpaired) electrons. The number of rotatable bonds is 10. The van der Waals surface area contributed by atoms with E-state index in [0.29, 0.717) is 13.2 Å². The largest absolute Gasteiger partial charge is 0.489 e. The van der Waals surface area contributed by atoms with Gasteiger partial charge in [-0.15, -0.1) is 0 Å². The molecule has 0 spiro atoms. The fourth-order valence-corrected chi connectivity index (χ4v) is 5.48. The van der Waals surface area contributed by atoms with E-state index in [1.807, 2.05) is 36.4 Å². The first kappa shape index (κ1) is 27.7. The van der Waals surface area contributed by atoms with Crippen LogP contribution in [0.2, 0.25) is 0 Å². The first-order valence-corrected chi connectivity index (χ1v) is 14.6. The lowest BCUT2D eigenvalue weighted by molar-refractivity contribution is -0.130. The molecule has 3 aromatic carbocycles. The van der Waals surface area contributed by atoms with Crippen molar-refractivity contribution in [2.24, 2.45) is 0 Å². The summed E-state index contributed by atoms with van der Waals surface area (Å²) in [6.07, 6.45) is 12.2. The highest BCUT2D eigenvalue weighted by atomic mass is 16.5. The van der Waals surface area contributed by atoms with Gasteiger partial charge in [-0.1, -0.05) is 104 Å². The van der Waals surface area contributed by atoms with Crippen LogP contribution in [0.15, 0.2) is 120 Å². The van der Waals surface area contributed by atoms with E-state index in [4.69, 9.17) is 4.74 Å². The molecule has 40 heavy (non-hydrogen) atoms. The summed E-state index contributed by atoms with van der Waals surface area (Å²) in [5.41, 5.74) is 5.70. The summed E-state index contributed by atoms with van der Waals surface area (Å²) in [6.45, 7) is 6.25. The molecule has 5 rings (SSSR count). The number of carbonyl (C=O) groups is 1. The highest BCUT2D eigenvalue weighted by Crippen LogP contribution is 2.25. The normalized spacial score (nSPS) is 16.1. The minimum Gasteiger partial charge on any atom is -0.489 e. The van der Waals surface area contributed by atoms with Crippen molar-refractivity contribution in [1.29, 1.82) is 0 Å². The summed E-state index contributed by atoms with van der Waals surface area (Å²) in [6, 6.07) is 29.3. The second kappa shape index (κ2) is 14.0. The Morgan fingerprint density at radius 2 is 1.50 bits per heavy atom. The maximum atomic E-state index is 14.0. The lowest BCUT2D eigenvalue weighted by Gasteiger charge is -2.39. The van der Waals surface area contributed by atoms with Crippen molar-refractivity contribution in [3.05, 3.63) is 137 Å². The van der Waals surface area contributed by atoms with Gasteiger partial charge in [0.25, 0.3) is 5.91 Å². The van der Waals surface area contributed by atoms with E-state index in [2.05, 4.69) is 89.5 Å². The minimum absolute atomic E-state index is 0.132. The van der Waals surface area contributed by atoms with Crippen LogP contribution >= 0.6 is 0 Å². The van der Waals surface area contributed by atoms with E-state index in [-0.39, 0.29) is 11.9 Å². The molecule has 0 atom stereocenters. The van der Waals surface area contributed by atoms with Gasteiger partial charge in [0, 0.05) is 37.8 Å². The fraction of sp³-hybridized carbons (Fsp3) is 0.306. The van der Waals surface area contributed by atoms with Crippen LogP contribution in [-0.2, 0) is 24.5 Å². The van der Waals surface area contributed by atoms with E-state index >= 15 is 0 Å². The van der Waals surface area contributed by atoms with Crippen molar-refractivity contribution in [1.82, 2.24) is 9.80 Å². The zero-order valence-corrected chi connectivity index (χ0v) is 23.5. The van der Waals surface area contributed by atoms with E-state index in [0.717, 1.165) is 67.8 Å². The second-order valence-corrected chi connectivity index (χ2v) is 10.7. The Morgan fingerprint density at radius 3 is 2.17 bits per heavy atom. The van der Waals surface area contributed by atoms with Crippen LogP contribution in [-0.4, -0.2) is 34.8 Å². The maximum absolute atomic E-state index is 14.0. The van der Waals surface area contributed by atoms with Crippen LogP contribution in [0, 0.1) is 0 Å². The quantitative estimate of drug-likeness (QED) is 0.271. The van der Waals surface area contributed by atoms with E-state index in [9.17, 15) is 4.79 Å². The summed E-state index contributed by atoms with van der Waals surface area (Å²) >= 11 is 0. The molecule has 0 N–H and O–H groups in total. The number of benzene rings is 3. The number of allylic oxidation sites excluding steroid dienone is 4. The topological polar surface area (TPSA) is 32.8 Å². The Labute approximate surface area is 239 Å². The molecule has 1 heterocycles. The highest BCUT2D eigenvalue weighted by Gasteiger charge is 2.29. The second-order valence-electron chi connectivity index (χ2n) is 10.7. The minimum atomic E-state index is 0.132. The van der Waals surface area contributed by atoms with Gasteiger partial charge in [-0.3, -0.25) is 9.69 Å². The van der Waals surface area contributed by atoms with Crippen LogP contribution in [0.1, 0.15) is 49.3 Å². The van der Waals surface area contributed by atoms with Crippen molar-refractivity contribution < 1.29 is 9.53 Å². The SMILES string of the molecule is CCC1=CCC=C(C(=O)N(Cc2ccc(OCc3ccccc3)cc2)C2CCN(Cc3ccccc3)CC2)C=C1. The maximum Gasteiger partial charge on any atom is 0.254 e. The Morgan fingerprint density at radius 1 is 0.825 bits per heavy atom. The molecular formula is C36H40N2O2.